The number of methoxy groups -OCH3 is 1. The van der Waals surface area contributed by atoms with E-state index in [9.17, 15) is 13.2 Å². The van der Waals surface area contributed by atoms with Gasteiger partial charge in [-0.1, -0.05) is 0 Å². The number of amides is 1. The molecule has 1 aromatic rings. The van der Waals surface area contributed by atoms with Crippen LogP contribution in [0.2, 0.25) is 0 Å². The van der Waals surface area contributed by atoms with Crippen LogP contribution in [0.1, 0.15) is 12.8 Å². The van der Waals surface area contributed by atoms with Crippen molar-refractivity contribution in [3.8, 4) is 5.75 Å². The summed E-state index contributed by atoms with van der Waals surface area (Å²) < 4.78 is 37.6. The van der Waals surface area contributed by atoms with Crippen LogP contribution in [0.4, 0.5) is 0 Å². The molecule has 27 heavy (non-hydrogen) atoms. The van der Waals surface area contributed by atoms with Crippen molar-refractivity contribution in [1.29, 1.82) is 0 Å². The van der Waals surface area contributed by atoms with Gasteiger partial charge in [0.2, 0.25) is 10.0 Å². The Morgan fingerprint density at radius 1 is 1.30 bits per heavy atom. The Morgan fingerprint density at radius 2 is 2.00 bits per heavy atom. The van der Waals surface area contributed by atoms with Gasteiger partial charge in [0.25, 0.3) is 5.91 Å². The van der Waals surface area contributed by atoms with Crippen LogP contribution in [0.5, 0.6) is 5.75 Å². The third kappa shape index (κ3) is 5.19. The van der Waals surface area contributed by atoms with E-state index >= 15 is 0 Å². The molecule has 9 heteroatoms. The van der Waals surface area contributed by atoms with E-state index < -0.39 is 10.0 Å². The van der Waals surface area contributed by atoms with Crippen molar-refractivity contribution in [1.82, 2.24) is 9.62 Å². The van der Waals surface area contributed by atoms with Crippen molar-refractivity contribution in [2.45, 2.75) is 23.8 Å². The molecule has 2 aliphatic rings. The topological polar surface area (TPSA) is 89.4 Å². The molecule has 150 valence electrons. The number of hydrogen-bond acceptors (Lipinski definition) is 5. The molecule has 0 aromatic heterocycles. The van der Waals surface area contributed by atoms with E-state index in [1.165, 1.54) is 4.31 Å². The Labute approximate surface area is 160 Å². The lowest BCUT2D eigenvalue weighted by Gasteiger charge is -2.31. The van der Waals surface area contributed by atoms with Crippen LogP contribution >= 0.6 is 0 Å². The molecule has 2 fully saturated rings. The quantitative estimate of drug-likeness (QED) is 0.607. The molecular weight excluding hydrogens is 370 g/mol. The molecule has 0 unspecified atom stereocenters. The highest BCUT2D eigenvalue weighted by atomic mass is 32.2. The first-order valence-corrected chi connectivity index (χ1v) is 10.8. The maximum Gasteiger partial charge on any atom is 0.275 e. The van der Waals surface area contributed by atoms with Crippen molar-refractivity contribution in [3.05, 3.63) is 24.3 Å². The van der Waals surface area contributed by atoms with Crippen molar-refractivity contribution >= 4 is 15.9 Å². The van der Waals surface area contributed by atoms with E-state index in [4.69, 9.17) is 9.47 Å². The average molecular weight is 399 g/mol. The predicted octanol–water partition coefficient (Wildman–Crippen LogP) is -1.12. The van der Waals surface area contributed by atoms with Gasteiger partial charge in [0.15, 0.2) is 6.54 Å². The number of sulfonamides is 1. The van der Waals surface area contributed by atoms with Crippen LogP contribution in [0.15, 0.2) is 29.2 Å². The lowest BCUT2D eigenvalue weighted by atomic mass is 10.2. The fourth-order valence-electron chi connectivity index (χ4n) is 3.44. The van der Waals surface area contributed by atoms with Gasteiger partial charge in [0, 0.05) is 13.2 Å². The number of carbonyl (C=O) groups is 1. The molecule has 0 aliphatic carbocycles. The Morgan fingerprint density at radius 3 is 2.59 bits per heavy atom. The summed E-state index contributed by atoms with van der Waals surface area (Å²) in [5.74, 6) is 0.615. The van der Waals surface area contributed by atoms with Crippen molar-refractivity contribution in [3.63, 3.8) is 0 Å². The van der Waals surface area contributed by atoms with Gasteiger partial charge in [-0.25, -0.2) is 8.42 Å². The SMILES string of the molecule is COc1ccc(S(=O)(=O)N2CC[NH+](CC(=O)NC[C@@H]3CCCO3)CC2)cc1. The minimum absolute atomic E-state index is 0.00744. The summed E-state index contributed by atoms with van der Waals surface area (Å²) in [6, 6.07) is 6.41. The molecule has 0 radical (unpaired) electrons. The third-order valence-corrected chi connectivity index (χ3v) is 7.00. The summed E-state index contributed by atoms with van der Waals surface area (Å²) in [5.41, 5.74) is 0. The maximum absolute atomic E-state index is 12.7. The number of hydrogen-bond donors (Lipinski definition) is 2. The Kier molecular flexibility index (Phi) is 6.69. The Bertz CT molecular complexity index is 724. The lowest BCUT2D eigenvalue weighted by Crippen LogP contribution is -3.15. The summed E-state index contributed by atoms with van der Waals surface area (Å²) in [5, 5.41) is 2.92. The Balaban J connectivity index is 1.46. The first-order valence-electron chi connectivity index (χ1n) is 9.35. The molecule has 0 spiro atoms. The number of carbonyl (C=O) groups excluding carboxylic acids is 1. The van der Waals surface area contributed by atoms with E-state index in [0.29, 0.717) is 45.0 Å². The monoisotopic (exact) mass is 398 g/mol. The minimum atomic E-state index is -3.51. The van der Waals surface area contributed by atoms with Crippen LogP contribution in [0.3, 0.4) is 0 Å². The van der Waals surface area contributed by atoms with Crippen LogP contribution in [-0.2, 0) is 19.6 Å². The zero-order valence-corrected chi connectivity index (χ0v) is 16.5. The Hall–Kier alpha value is -1.68. The van der Waals surface area contributed by atoms with E-state index in [0.717, 1.165) is 24.3 Å². The number of nitrogens with zero attached hydrogens (tertiary/aromatic N) is 1. The zero-order valence-electron chi connectivity index (χ0n) is 15.6. The summed E-state index contributed by atoms with van der Waals surface area (Å²) in [6.45, 7) is 3.74. The number of benzene rings is 1. The normalized spacial score (nSPS) is 21.9. The molecular formula is C18H28N3O5S+. The molecule has 1 atom stereocenters. The van der Waals surface area contributed by atoms with Crippen LogP contribution < -0.4 is 15.0 Å². The molecule has 2 aliphatic heterocycles. The van der Waals surface area contributed by atoms with Crippen LogP contribution in [0, 0.1) is 0 Å². The summed E-state index contributed by atoms with van der Waals surface area (Å²) in [7, 11) is -1.97. The molecule has 2 saturated heterocycles. The van der Waals surface area contributed by atoms with Crippen molar-refractivity contribution in [2.24, 2.45) is 0 Å². The molecule has 0 saturated carbocycles. The van der Waals surface area contributed by atoms with E-state index in [1.807, 2.05) is 0 Å². The highest BCUT2D eigenvalue weighted by molar-refractivity contribution is 7.89. The minimum Gasteiger partial charge on any atom is -0.497 e. The van der Waals surface area contributed by atoms with Gasteiger partial charge in [0.05, 0.1) is 44.3 Å². The van der Waals surface area contributed by atoms with Gasteiger partial charge in [-0.15, -0.1) is 0 Å². The molecule has 2 heterocycles. The molecule has 1 aromatic carbocycles. The van der Waals surface area contributed by atoms with Gasteiger partial charge < -0.3 is 19.7 Å². The second kappa shape index (κ2) is 9.01. The van der Waals surface area contributed by atoms with E-state index in [1.54, 1.807) is 31.4 Å². The molecule has 1 amide bonds. The van der Waals surface area contributed by atoms with Gasteiger partial charge in [-0.3, -0.25) is 4.79 Å². The van der Waals surface area contributed by atoms with Crippen LogP contribution in [0.25, 0.3) is 0 Å². The molecule has 0 bridgehead atoms. The summed E-state index contributed by atoms with van der Waals surface area (Å²) in [4.78, 5) is 13.5. The molecule has 3 rings (SSSR count). The van der Waals surface area contributed by atoms with Crippen molar-refractivity contribution < 1.29 is 27.6 Å². The first-order chi connectivity index (χ1) is 13.0. The fourth-order valence-corrected chi connectivity index (χ4v) is 4.88. The number of piperazine rings is 1. The second-order valence-corrected chi connectivity index (χ2v) is 8.88. The second-order valence-electron chi connectivity index (χ2n) is 6.95. The number of quaternary nitrogens is 1. The molecule has 2 N–H and O–H groups in total. The number of nitrogens with one attached hydrogen (secondary N) is 2. The van der Waals surface area contributed by atoms with E-state index in [-0.39, 0.29) is 16.9 Å². The third-order valence-electron chi connectivity index (χ3n) is 5.09. The van der Waals surface area contributed by atoms with Crippen LogP contribution in [-0.4, -0.2) is 77.7 Å². The van der Waals surface area contributed by atoms with Gasteiger partial charge in [-0.2, -0.15) is 4.31 Å². The van der Waals surface area contributed by atoms with Gasteiger partial charge >= 0.3 is 0 Å². The lowest BCUT2D eigenvalue weighted by molar-refractivity contribution is -0.895. The summed E-state index contributed by atoms with van der Waals surface area (Å²) in [6.07, 6.45) is 2.18. The number of rotatable bonds is 7. The average Bonchev–Trinajstić information content (AvgIpc) is 3.20. The highest BCUT2D eigenvalue weighted by Gasteiger charge is 2.31. The largest absolute Gasteiger partial charge is 0.497 e. The first kappa shape index (κ1) is 20.1. The van der Waals surface area contributed by atoms with Gasteiger partial charge in [-0.05, 0) is 37.1 Å². The maximum atomic E-state index is 12.7. The smallest absolute Gasteiger partial charge is 0.275 e. The molecule has 8 nitrogen and oxygen atoms in total. The van der Waals surface area contributed by atoms with E-state index in [2.05, 4.69) is 5.32 Å². The standard InChI is InChI=1S/C18H27N3O5S/c1-25-15-4-6-17(7-5-15)27(23,24)21-10-8-20(9-11-21)14-18(22)19-13-16-3-2-12-26-16/h4-7,16H,2-3,8-14H2,1H3,(H,19,22)/p+1/t16-/m0/s1. The van der Waals surface area contributed by atoms with Gasteiger partial charge in [0.1, 0.15) is 5.75 Å². The summed E-state index contributed by atoms with van der Waals surface area (Å²) >= 11 is 0. The zero-order chi connectivity index (χ0) is 19.3. The van der Waals surface area contributed by atoms with Crippen molar-refractivity contribution in [2.75, 3.05) is 53.0 Å². The predicted molar refractivity (Wildman–Crippen MR) is 99.3 cm³/mol. The highest BCUT2D eigenvalue weighted by Crippen LogP contribution is 2.19. The number of ether oxygens (including phenoxy) is 2. The fraction of sp³-hybridized carbons (Fsp3) is 0.611.